The van der Waals surface area contributed by atoms with E-state index in [-0.39, 0.29) is 6.04 Å². The van der Waals surface area contributed by atoms with Crippen LogP contribution in [0.4, 0.5) is 0 Å². The summed E-state index contributed by atoms with van der Waals surface area (Å²) in [6.45, 7) is 5.02. The van der Waals surface area contributed by atoms with E-state index in [2.05, 4.69) is 40.3 Å². The van der Waals surface area contributed by atoms with E-state index in [0.717, 1.165) is 25.1 Å². The molecule has 0 radical (unpaired) electrons. The number of nitrogens with zero attached hydrogens (tertiary/aromatic N) is 2. The highest BCUT2D eigenvalue weighted by Crippen LogP contribution is 2.15. The molecule has 0 aliphatic carbocycles. The van der Waals surface area contributed by atoms with Gasteiger partial charge in [0.05, 0.1) is 17.2 Å². The van der Waals surface area contributed by atoms with Gasteiger partial charge in [0.15, 0.2) is 0 Å². The first-order valence-electron chi connectivity index (χ1n) is 6.03. The Morgan fingerprint density at radius 2 is 2.35 bits per heavy atom. The van der Waals surface area contributed by atoms with E-state index in [1.165, 1.54) is 10.6 Å². The lowest BCUT2D eigenvalue weighted by atomic mass is 10.2. The number of aromatic nitrogens is 2. The van der Waals surface area contributed by atoms with Crippen molar-refractivity contribution in [3.63, 3.8) is 0 Å². The molecule has 0 amide bonds. The largest absolute Gasteiger partial charge is 0.348 e. The van der Waals surface area contributed by atoms with Crippen LogP contribution in [0.5, 0.6) is 0 Å². The minimum atomic E-state index is 0.0994. The Bertz CT molecular complexity index is 470. The molecule has 17 heavy (non-hydrogen) atoms. The van der Waals surface area contributed by atoms with Crippen LogP contribution in [-0.4, -0.2) is 9.55 Å². The Labute approximate surface area is 106 Å². The summed E-state index contributed by atoms with van der Waals surface area (Å²) in [6, 6.07) is 2.17. The maximum absolute atomic E-state index is 5.84. The predicted octanol–water partition coefficient (Wildman–Crippen LogP) is 2.97. The summed E-state index contributed by atoms with van der Waals surface area (Å²) in [7, 11) is 0. The number of aryl methyl sites for hydroxylation is 1. The SMILES string of the molecule is CCCc1nc(Cn2ccc(C(C)N)c2)cs1. The van der Waals surface area contributed by atoms with Gasteiger partial charge in [-0.2, -0.15) is 0 Å². The normalized spacial score (nSPS) is 12.9. The second-order valence-corrected chi connectivity index (χ2v) is 5.33. The average Bonchev–Trinajstić information content (AvgIpc) is 2.89. The number of rotatable bonds is 5. The van der Waals surface area contributed by atoms with Crippen LogP contribution >= 0.6 is 11.3 Å². The highest BCUT2D eigenvalue weighted by atomic mass is 32.1. The summed E-state index contributed by atoms with van der Waals surface area (Å²) in [5.41, 5.74) is 8.16. The third-order valence-electron chi connectivity index (χ3n) is 2.71. The van der Waals surface area contributed by atoms with Crippen LogP contribution in [0.15, 0.2) is 23.8 Å². The van der Waals surface area contributed by atoms with E-state index in [1.54, 1.807) is 11.3 Å². The fraction of sp³-hybridized carbons (Fsp3) is 0.462. The summed E-state index contributed by atoms with van der Waals surface area (Å²) in [5.74, 6) is 0. The van der Waals surface area contributed by atoms with Crippen molar-refractivity contribution in [3.05, 3.63) is 40.1 Å². The molecule has 2 N–H and O–H groups in total. The lowest BCUT2D eigenvalue weighted by molar-refractivity contribution is 0.760. The van der Waals surface area contributed by atoms with E-state index in [4.69, 9.17) is 5.73 Å². The molecule has 0 saturated heterocycles. The third kappa shape index (κ3) is 3.17. The standard InChI is InChI=1S/C13H19N3S/c1-3-4-13-15-12(9-17-13)8-16-6-5-11(7-16)10(2)14/h5-7,9-10H,3-4,8,14H2,1-2H3. The van der Waals surface area contributed by atoms with E-state index in [0.29, 0.717) is 0 Å². The predicted molar refractivity (Wildman–Crippen MR) is 72.2 cm³/mol. The van der Waals surface area contributed by atoms with Gasteiger partial charge in [-0.15, -0.1) is 11.3 Å². The summed E-state index contributed by atoms with van der Waals surface area (Å²) >= 11 is 1.76. The van der Waals surface area contributed by atoms with E-state index >= 15 is 0 Å². The van der Waals surface area contributed by atoms with Gasteiger partial charge in [0, 0.05) is 23.8 Å². The second kappa shape index (κ2) is 5.47. The summed E-state index contributed by atoms with van der Waals surface area (Å²) < 4.78 is 2.14. The highest BCUT2D eigenvalue weighted by Gasteiger charge is 2.04. The van der Waals surface area contributed by atoms with E-state index in [9.17, 15) is 0 Å². The topological polar surface area (TPSA) is 43.8 Å². The van der Waals surface area contributed by atoms with Gasteiger partial charge in [-0.05, 0) is 31.4 Å². The molecule has 0 aliphatic rings. The second-order valence-electron chi connectivity index (χ2n) is 4.39. The van der Waals surface area contributed by atoms with Gasteiger partial charge in [0.2, 0.25) is 0 Å². The van der Waals surface area contributed by atoms with Gasteiger partial charge in [-0.1, -0.05) is 6.92 Å². The first-order chi connectivity index (χ1) is 8.19. The van der Waals surface area contributed by atoms with Gasteiger partial charge in [0.1, 0.15) is 0 Å². The van der Waals surface area contributed by atoms with Crippen molar-refractivity contribution in [1.82, 2.24) is 9.55 Å². The third-order valence-corrected chi connectivity index (χ3v) is 3.66. The molecule has 0 fully saturated rings. The lowest BCUT2D eigenvalue weighted by Crippen LogP contribution is -2.04. The fourth-order valence-corrected chi connectivity index (χ4v) is 2.66. The van der Waals surface area contributed by atoms with Crippen LogP contribution in [0.3, 0.4) is 0 Å². The van der Waals surface area contributed by atoms with E-state index < -0.39 is 0 Å². The molecule has 0 spiro atoms. The molecule has 0 aliphatic heterocycles. The van der Waals surface area contributed by atoms with Crippen molar-refractivity contribution in [2.45, 2.75) is 39.3 Å². The Morgan fingerprint density at radius 1 is 1.53 bits per heavy atom. The Kier molecular flexibility index (Phi) is 3.97. The van der Waals surface area contributed by atoms with Crippen molar-refractivity contribution < 1.29 is 0 Å². The van der Waals surface area contributed by atoms with Crippen LogP contribution in [0, 0.1) is 0 Å². The molecule has 2 rings (SSSR count). The fourth-order valence-electron chi connectivity index (χ4n) is 1.76. The Morgan fingerprint density at radius 3 is 3.00 bits per heavy atom. The zero-order valence-corrected chi connectivity index (χ0v) is 11.2. The first-order valence-corrected chi connectivity index (χ1v) is 6.91. The van der Waals surface area contributed by atoms with Crippen LogP contribution in [0.1, 0.15) is 42.6 Å². The monoisotopic (exact) mass is 249 g/mol. The van der Waals surface area contributed by atoms with Crippen molar-refractivity contribution in [2.24, 2.45) is 5.73 Å². The van der Waals surface area contributed by atoms with Crippen molar-refractivity contribution in [1.29, 1.82) is 0 Å². The zero-order chi connectivity index (χ0) is 12.3. The van der Waals surface area contributed by atoms with Crippen LogP contribution in [0.2, 0.25) is 0 Å². The number of nitrogens with two attached hydrogens (primary N) is 1. The molecule has 2 aromatic rings. The van der Waals surface area contributed by atoms with Crippen LogP contribution in [0.25, 0.3) is 0 Å². The zero-order valence-electron chi connectivity index (χ0n) is 10.4. The molecule has 0 saturated carbocycles. The first kappa shape index (κ1) is 12.3. The molecular weight excluding hydrogens is 230 g/mol. The smallest absolute Gasteiger partial charge is 0.0928 e. The minimum absolute atomic E-state index is 0.0994. The molecule has 92 valence electrons. The van der Waals surface area contributed by atoms with Gasteiger partial charge in [-0.3, -0.25) is 0 Å². The molecule has 3 nitrogen and oxygen atoms in total. The summed E-state index contributed by atoms with van der Waals surface area (Å²) in [6.07, 6.45) is 6.41. The molecule has 2 aromatic heterocycles. The van der Waals surface area contributed by atoms with Gasteiger partial charge in [0.25, 0.3) is 0 Å². The highest BCUT2D eigenvalue weighted by molar-refractivity contribution is 7.09. The Hall–Kier alpha value is -1.13. The van der Waals surface area contributed by atoms with Gasteiger partial charge >= 0.3 is 0 Å². The molecular formula is C13H19N3S. The number of hydrogen-bond donors (Lipinski definition) is 1. The molecule has 1 atom stereocenters. The molecule has 2 heterocycles. The number of thiazole rings is 1. The van der Waals surface area contributed by atoms with Gasteiger partial charge < -0.3 is 10.3 Å². The Balaban J connectivity index is 2.03. The molecule has 0 bridgehead atoms. The number of hydrogen-bond acceptors (Lipinski definition) is 3. The molecule has 0 aromatic carbocycles. The maximum Gasteiger partial charge on any atom is 0.0928 e. The summed E-state index contributed by atoms with van der Waals surface area (Å²) in [5, 5.41) is 3.39. The molecule has 1 unspecified atom stereocenters. The van der Waals surface area contributed by atoms with Crippen molar-refractivity contribution >= 4 is 11.3 Å². The maximum atomic E-state index is 5.84. The summed E-state index contributed by atoms with van der Waals surface area (Å²) in [4.78, 5) is 4.62. The lowest BCUT2D eigenvalue weighted by Gasteiger charge is -2.01. The van der Waals surface area contributed by atoms with Gasteiger partial charge in [-0.25, -0.2) is 4.98 Å². The van der Waals surface area contributed by atoms with Crippen molar-refractivity contribution in [3.8, 4) is 0 Å². The molecule has 4 heteroatoms. The van der Waals surface area contributed by atoms with E-state index in [1.807, 2.05) is 6.92 Å². The average molecular weight is 249 g/mol. The van der Waals surface area contributed by atoms with Crippen LogP contribution in [-0.2, 0) is 13.0 Å². The van der Waals surface area contributed by atoms with Crippen LogP contribution < -0.4 is 5.73 Å². The quantitative estimate of drug-likeness (QED) is 0.885. The minimum Gasteiger partial charge on any atom is -0.348 e. The van der Waals surface area contributed by atoms with Crippen molar-refractivity contribution in [2.75, 3.05) is 0 Å².